The summed E-state index contributed by atoms with van der Waals surface area (Å²) in [7, 11) is 3.05. The van der Waals surface area contributed by atoms with Crippen LogP contribution in [0.5, 0.6) is 5.75 Å². The van der Waals surface area contributed by atoms with Crippen LogP contribution >= 0.6 is 0 Å². The fraction of sp³-hybridized carbons (Fsp3) is 0.536. The van der Waals surface area contributed by atoms with Crippen molar-refractivity contribution in [3.05, 3.63) is 44.2 Å². The molecule has 0 spiro atoms. The zero-order chi connectivity index (χ0) is 30.9. The molecule has 4 rings (SSSR count). The summed E-state index contributed by atoms with van der Waals surface area (Å²) >= 11 is 0. The average Bonchev–Trinajstić information content (AvgIpc) is 2.86. The molecule has 1 aromatic carbocycles. The van der Waals surface area contributed by atoms with Gasteiger partial charge in [-0.15, -0.1) is 0 Å². The van der Waals surface area contributed by atoms with Crippen molar-refractivity contribution in [3.8, 4) is 5.75 Å². The van der Waals surface area contributed by atoms with Crippen LogP contribution < -0.4 is 10.6 Å². The summed E-state index contributed by atoms with van der Waals surface area (Å²) in [4.78, 5) is 54.0. The van der Waals surface area contributed by atoms with E-state index in [-0.39, 0.29) is 36.1 Å². The number of ketones is 2. The van der Waals surface area contributed by atoms with Gasteiger partial charge in [-0.05, 0) is 65.6 Å². The van der Waals surface area contributed by atoms with Crippen molar-refractivity contribution in [3.63, 3.8) is 0 Å². The molecule has 6 N–H and O–H groups in total. The predicted molar refractivity (Wildman–Crippen MR) is 148 cm³/mol. The van der Waals surface area contributed by atoms with Gasteiger partial charge in [0.25, 0.3) is 5.91 Å². The SMILES string of the molecule is CCC(C)N(c1cc([N+](=O)[O-])c(O)c2c1CC1CC3[C@H](N(C)C)C(=O)C(C(N)=O)=C(O)[C@@]3(O)C(=O)C1=C2O)C(C)C. The second-order valence-corrected chi connectivity index (χ2v) is 11.6. The number of nitro benzene ring substituents is 1. The fourth-order valence-corrected chi connectivity index (χ4v) is 6.87. The first-order valence-electron chi connectivity index (χ1n) is 13.5. The number of phenols is 1. The third kappa shape index (κ3) is 4.17. The first-order valence-corrected chi connectivity index (χ1v) is 13.5. The average molecular weight is 573 g/mol. The highest BCUT2D eigenvalue weighted by molar-refractivity contribution is 6.24. The number of rotatable bonds is 7. The Morgan fingerprint density at radius 3 is 2.32 bits per heavy atom. The number of fused-ring (bicyclic) bond motifs is 3. The van der Waals surface area contributed by atoms with Crippen LogP contribution in [0.1, 0.15) is 51.7 Å². The van der Waals surface area contributed by atoms with E-state index in [1.807, 2.05) is 32.6 Å². The summed E-state index contributed by atoms with van der Waals surface area (Å²) in [6.07, 6.45) is 0.648. The van der Waals surface area contributed by atoms with Crippen molar-refractivity contribution in [1.82, 2.24) is 4.90 Å². The van der Waals surface area contributed by atoms with E-state index in [1.54, 1.807) is 0 Å². The quantitative estimate of drug-likeness (QED) is 0.181. The Bertz CT molecular complexity index is 1430. The third-order valence-corrected chi connectivity index (χ3v) is 8.77. The number of phenolic OH excluding ortho intramolecular Hbond substituents is 1. The largest absolute Gasteiger partial charge is 0.508 e. The number of anilines is 1. The van der Waals surface area contributed by atoms with Gasteiger partial charge >= 0.3 is 5.69 Å². The zero-order valence-electron chi connectivity index (χ0n) is 23.8. The number of benzene rings is 1. The number of likely N-dealkylation sites (N-methyl/N-ethyl adjacent to an activating group) is 1. The highest BCUT2D eigenvalue weighted by Gasteiger charge is 2.64. The van der Waals surface area contributed by atoms with Crippen LogP contribution in [0.4, 0.5) is 11.4 Å². The lowest BCUT2D eigenvalue weighted by Gasteiger charge is -2.50. The van der Waals surface area contributed by atoms with Crippen LogP contribution in [-0.2, 0) is 20.8 Å². The molecule has 5 atom stereocenters. The van der Waals surface area contributed by atoms with Gasteiger partial charge in [0.15, 0.2) is 11.4 Å². The van der Waals surface area contributed by atoms with E-state index in [9.17, 15) is 44.9 Å². The normalized spacial score (nSPS) is 26.6. The number of carbonyl (C=O) groups is 3. The van der Waals surface area contributed by atoms with Crippen LogP contribution in [0.25, 0.3) is 5.76 Å². The summed E-state index contributed by atoms with van der Waals surface area (Å²) in [6, 6.07) is -0.158. The monoisotopic (exact) mass is 572 g/mol. The van der Waals surface area contributed by atoms with Gasteiger partial charge in [0, 0.05) is 35.3 Å². The van der Waals surface area contributed by atoms with Crippen LogP contribution in [0.15, 0.2) is 23.0 Å². The topological polar surface area (TPSA) is 208 Å². The van der Waals surface area contributed by atoms with Crippen LogP contribution in [0.3, 0.4) is 0 Å². The van der Waals surface area contributed by atoms with Crippen molar-refractivity contribution in [1.29, 1.82) is 0 Å². The predicted octanol–water partition coefficient (Wildman–Crippen LogP) is 1.89. The van der Waals surface area contributed by atoms with Crippen molar-refractivity contribution in [2.45, 2.75) is 70.7 Å². The van der Waals surface area contributed by atoms with Crippen molar-refractivity contribution >= 4 is 34.6 Å². The second kappa shape index (κ2) is 10.1. The first-order chi connectivity index (χ1) is 19.0. The van der Waals surface area contributed by atoms with Gasteiger partial charge in [0.1, 0.15) is 17.1 Å². The van der Waals surface area contributed by atoms with Crippen molar-refractivity contribution < 1.29 is 39.7 Å². The number of aliphatic hydroxyl groups excluding tert-OH is 2. The number of aromatic hydroxyl groups is 1. The minimum atomic E-state index is -2.79. The number of nitrogens with two attached hydrogens (primary N) is 1. The van der Waals surface area contributed by atoms with Crippen LogP contribution in [-0.4, -0.2) is 85.5 Å². The second-order valence-electron chi connectivity index (χ2n) is 11.6. The third-order valence-electron chi connectivity index (χ3n) is 8.77. The minimum absolute atomic E-state index is 0.0368. The minimum Gasteiger partial charge on any atom is -0.508 e. The molecule has 0 aromatic heterocycles. The molecule has 1 aromatic rings. The van der Waals surface area contributed by atoms with Gasteiger partial charge < -0.3 is 31.1 Å². The van der Waals surface area contributed by atoms with Gasteiger partial charge in [-0.3, -0.25) is 29.4 Å². The van der Waals surface area contributed by atoms with E-state index < -0.39 is 74.4 Å². The van der Waals surface area contributed by atoms with Crippen LogP contribution in [0.2, 0.25) is 0 Å². The zero-order valence-corrected chi connectivity index (χ0v) is 23.8. The molecular weight excluding hydrogens is 536 g/mol. The van der Waals surface area contributed by atoms with Gasteiger partial charge in [-0.2, -0.15) is 0 Å². The van der Waals surface area contributed by atoms with E-state index in [1.165, 1.54) is 25.1 Å². The molecule has 0 heterocycles. The molecule has 1 fully saturated rings. The van der Waals surface area contributed by atoms with Crippen molar-refractivity contribution in [2.24, 2.45) is 17.6 Å². The first kappa shape index (κ1) is 30.0. The summed E-state index contributed by atoms with van der Waals surface area (Å²) in [5, 5.41) is 57.2. The molecule has 222 valence electrons. The number of nitrogens with zero attached hydrogens (tertiary/aromatic N) is 3. The highest BCUT2D eigenvalue weighted by Crippen LogP contribution is 2.55. The molecule has 0 aliphatic heterocycles. The number of hydrogen-bond acceptors (Lipinski definition) is 11. The fourth-order valence-electron chi connectivity index (χ4n) is 6.87. The smallest absolute Gasteiger partial charge is 0.313 e. The molecule has 3 aliphatic carbocycles. The Balaban J connectivity index is 2.05. The number of aliphatic hydroxyl groups is 3. The Hall–Kier alpha value is -3.97. The molecule has 13 heteroatoms. The Morgan fingerprint density at radius 2 is 1.83 bits per heavy atom. The van der Waals surface area contributed by atoms with Gasteiger partial charge in [0.05, 0.1) is 16.5 Å². The Kier molecular flexibility index (Phi) is 7.42. The molecule has 0 bridgehead atoms. The van der Waals surface area contributed by atoms with E-state index in [0.29, 0.717) is 17.7 Å². The molecule has 1 amide bonds. The number of Topliss-reactive ketones (excluding diaryl/α,β-unsaturated/α-hetero) is 2. The highest BCUT2D eigenvalue weighted by atomic mass is 16.6. The lowest BCUT2D eigenvalue weighted by Crippen LogP contribution is -2.65. The standard InChI is InChI=1S/C28H36N4O9/c1-7-12(4)31(11(2)3)16-10-17(32(40)41)22(33)19-14(16)8-13-9-15-21(30(5)6)24(35)20(27(29)38)26(37)28(15,39)25(36)18(13)23(19)34/h10-13,15,21,33-34,37,39H,7-9H2,1-6H3,(H2,29,38)/t12?,13?,15?,21-,28-/m0/s1. The molecule has 41 heavy (non-hydrogen) atoms. The van der Waals surface area contributed by atoms with E-state index in [0.717, 1.165) is 0 Å². The summed E-state index contributed by atoms with van der Waals surface area (Å²) < 4.78 is 0. The molecular formula is C28H36N4O9. The maximum absolute atomic E-state index is 14.0. The van der Waals surface area contributed by atoms with Gasteiger partial charge in [-0.25, -0.2) is 0 Å². The number of carbonyl (C=O) groups excluding carboxylic acids is 3. The summed E-state index contributed by atoms with van der Waals surface area (Å²) in [5.41, 5.74) is 1.10. The summed E-state index contributed by atoms with van der Waals surface area (Å²) in [6.45, 7) is 7.72. The van der Waals surface area contributed by atoms with E-state index in [2.05, 4.69) is 0 Å². The van der Waals surface area contributed by atoms with Gasteiger partial charge in [-0.1, -0.05) is 6.92 Å². The summed E-state index contributed by atoms with van der Waals surface area (Å²) in [5.74, 6) is -8.15. The Labute approximate surface area is 236 Å². The van der Waals surface area contributed by atoms with Crippen LogP contribution in [0, 0.1) is 22.0 Å². The molecule has 3 unspecified atom stereocenters. The number of nitro groups is 1. The van der Waals surface area contributed by atoms with E-state index in [4.69, 9.17) is 5.73 Å². The molecule has 13 nitrogen and oxygen atoms in total. The molecule has 0 radical (unpaired) electrons. The Morgan fingerprint density at radius 1 is 1.22 bits per heavy atom. The number of hydrogen-bond donors (Lipinski definition) is 5. The maximum Gasteiger partial charge on any atom is 0.313 e. The van der Waals surface area contributed by atoms with Crippen molar-refractivity contribution in [2.75, 3.05) is 19.0 Å². The number of primary amides is 1. The lowest BCUT2D eigenvalue weighted by molar-refractivity contribution is -0.385. The maximum atomic E-state index is 14.0. The van der Waals surface area contributed by atoms with Gasteiger partial charge in [0.2, 0.25) is 11.5 Å². The van der Waals surface area contributed by atoms with E-state index >= 15 is 0 Å². The molecule has 0 saturated heterocycles. The number of amides is 1. The molecule has 3 aliphatic rings. The molecule has 1 saturated carbocycles. The lowest BCUT2D eigenvalue weighted by atomic mass is 9.57.